The standard InChI is InChI=1S/C9H16O3/c1-3-4-5-6-11-9(10)8-7(2)12-8/h7-8H,3-6H2,1-2H3. The lowest BCUT2D eigenvalue weighted by atomic mass is 10.3. The van der Waals surface area contributed by atoms with Crippen LogP contribution >= 0.6 is 0 Å². The first-order valence-corrected chi connectivity index (χ1v) is 4.57. The number of carbonyl (C=O) groups is 1. The van der Waals surface area contributed by atoms with Crippen LogP contribution in [0.3, 0.4) is 0 Å². The van der Waals surface area contributed by atoms with Gasteiger partial charge in [0.05, 0.1) is 12.7 Å². The zero-order valence-corrected chi connectivity index (χ0v) is 7.71. The Morgan fingerprint density at radius 1 is 1.50 bits per heavy atom. The summed E-state index contributed by atoms with van der Waals surface area (Å²) in [7, 11) is 0. The summed E-state index contributed by atoms with van der Waals surface area (Å²) in [4.78, 5) is 11.0. The van der Waals surface area contributed by atoms with Crippen LogP contribution in [0.15, 0.2) is 0 Å². The van der Waals surface area contributed by atoms with E-state index in [0.717, 1.165) is 19.3 Å². The minimum atomic E-state index is -0.272. The fraction of sp³-hybridized carbons (Fsp3) is 0.889. The number of hydrogen-bond acceptors (Lipinski definition) is 3. The van der Waals surface area contributed by atoms with E-state index in [1.807, 2.05) is 6.92 Å². The maximum atomic E-state index is 11.0. The highest BCUT2D eigenvalue weighted by molar-refractivity contribution is 5.77. The van der Waals surface area contributed by atoms with E-state index >= 15 is 0 Å². The Morgan fingerprint density at radius 2 is 2.17 bits per heavy atom. The average Bonchev–Trinajstić information content (AvgIpc) is 2.76. The first kappa shape index (κ1) is 9.52. The van der Waals surface area contributed by atoms with Gasteiger partial charge in [0.15, 0.2) is 6.10 Å². The largest absolute Gasteiger partial charge is 0.464 e. The van der Waals surface area contributed by atoms with Gasteiger partial charge < -0.3 is 9.47 Å². The van der Waals surface area contributed by atoms with Gasteiger partial charge in [0.1, 0.15) is 0 Å². The van der Waals surface area contributed by atoms with Gasteiger partial charge in [-0.2, -0.15) is 0 Å². The molecule has 2 unspecified atom stereocenters. The van der Waals surface area contributed by atoms with Gasteiger partial charge in [0, 0.05) is 0 Å². The van der Waals surface area contributed by atoms with Crippen LogP contribution in [0.2, 0.25) is 0 Å². The van der Waals surface area contributed by atoms with E-state index in [0.29, 0.717) is 6.61 Å². The van der Waals surface area contributed by atoms with Crippen molar-refractivity contribution in [3.05, 3.63) is 0 Å². The first-order valence-electron chi connectivity index (χ1n) is 4.57. The maximum Gasteiger partial charge on any atom is 0.337 e. The summed E-state index contributed by atoms with van der Waals surface area (Å²) in [5, 5.41) is 0. The summed E-state index contributed by atoms with van der Waals surface area (Å²) in [5.74, 6) is -0.196. The molecule has 0 bridgehead atoms. The number of epoxide rings is 1. The lowest BCUT2D eigenvalue weighted by Gasteiger charge is -2.00. The second-order valence-electron chi connectivity index (χ2n) is 3.14. The van der Waals surface area contributed by atoms with Gasteiger partial charge in [-0.15, -0.1) is 0 Å². The number of esters is 1. The molecule has 70 valence electrons. The van der Waals surface area contributed by atoms with Crippen molar-refractivity contribution in [1.82, 2.24) is 0 Å². The van der Waals surface area contributed by atoms with Gasteiger partial charge in [-0.3, -0.25) is 0 Å². The Kier molecular flexibility index (Phi) is 3.53. The zero-order valence-electron chi connectivity index (χ0n) is 7.71. The van der Waals surface area contributed by atoms with Crippen LogP contribution in [0, 0.1) is 0 Å². The summed E-state index contributed by atoms with van der Waals surface area (Å²) in [6, 6.07) is 0. The first-order chi connectivity index (χ1) is 5.75. The summed E-state index contributed by atoms with van der Waals surface area (Å²) >= 11 is 0. The molecule has 0 aromatic carbocycles. The molecule has 0 spiro atoms. The molecule has 3 heteroatoms. The van der Waals surface area contributed by atoms with Crippen molar-refractivity contribution in [1.29, 1.82) is 0 Å². The molecule has 1 aliphatic rings. The third-order valence-electron chi connectivity index (χ3n) is 1.94. The Morgan fingerprint density at radius 3 is 2.67 bits per heavy atom. The third-order valence-corrected chi connectivity index (χ3v) is 1.94. The van der Waals surface area contributed by atoms with E-state index in [1.165, 1.54) is 0 Å². The van der Waals surface area contributed by atoms with Gasteiger partial charge in [-0.1, -0.05) is 19.8 Å². The maximum absolute atomic E-state index is 11.0. The SMILES string of the molecule is CCCCCOC(=O)C1OC1C. The van der Waals surface area contributed by atoms with Crippen LogP contribution in [-0.2, 0) is 14.3 Å². The van der Waals surface area contributed by atoms with Crippen molar-refractivity contribution in [2.75, 3.05) is 6.61 Å². The van der Waals surface area contributed by atoms with Crippen molar-refractivity contribution in [2.45, 2.75) is 45.3 Å². The molecule has 0 saturated carbocycles. The molecule has 3 nitrogen and oxygen atoms in total. The second kappa shape index (κ2) is 4.45. The monoisotopic (exact) mass is 172 g/mol. The quantitative estimate of drug-likeness (QED) is 0.358. The Balaban J connectivity index is 1.96. The zero-order chi connectivity index (χ0) is 8.97. The van der Waals surface area contributed by atoms with E-state index in [-0.39, 0.29) is 18.2 Å². The molecule has 2 atom stereocenters. The molecular weight excluding hydrogens is 156 g/mol. The molecule has 0 amide bonds. The predicted octanol–water partition coefficient (Wildman–Crippen LogP) is 1.51. The summed E-state index contributed by atoms with van der Waals surface area (Å²) in [6.07, 6.45) is 3.03. The highest BCUT2D eigenvalue weighted by Crippen LogP contribution is 2.22. The van der Waals surface area contributed by atoms with Crippen LogP contribution in [0.5, 0.6) is 0 Å². The minimum absolute atomic E-state index is 0.0728. The van der Waals surface area contributed by atoms with E-state index in [2.05, 4.69) is 6.92 Å². The Labute approximate surface area is 73.0 Å². The molecule has 1 heterocycles. The lowest BCUT2D eigenvalue weighted by molar-refractivity contribution is -0.145. The van der Waals surface area contributed by atoms with E-state index in [9.17, 15) is 4.79 Å². The molecule has 0 N–H and O–H groups in total. The molecule has 1 saturated heterocycles. The van der Waals surface area contributed by atoms with Gasteiger partial charge in [-0.25, -0.2) is 4.79 Å². The van der Waals surface area contributed by atoms with E-state index in [1.54, 1.807) is 0 Å². The molecule has 0 aromatic rings. The summed E-state index contributed by atoms with van der Waals surface area (Å²) < 4.78 is 9.94. The molecule has 0 aliphatic carbocycles. The van der Waals surface area contributed by atoms with E-state index in [4.69, 9.17) is 9.47 Å². The highest BCUT2D eigenvalue weighted by Gasteiger charge is 2.42. The van der Waals surface area contributed by atoms with Crippen molar-refractivity contribution in [3.63, 3.8) is 0 Å². The number of unbranched alkanes of at least 4 members (excludes halogenated alkanes) is 2. The molecule has 0 radical (unpaired) electrons. The molecular formula is C9H16O3. The molecule has 1 aliphatic heterocycles. The molecule has 12 heavy (non-hydrogen) atoms. The lowest BCUT2D eigenvalue weighted by Crippen LogP contribution is -2.13. The minimum Gasteiger partial charge on any atom is -0.464 e. The topological polar surface area (TPSA) is 38.8 Å². The van der Waals surface area contributed by atoms with Crippen LogP contribution in [0.1, 0.15) is 33.1 Å². The van der Waals surface area contributed by atoms with Crippen LogP contribution in [0.4, 0.5) is 0 Å². The number of carbonyl (C=O) groups excluding carboxylic acids is 1. The Hall–Kier alpha value is -0.570. The van der Waals surface area contributed by atoms with Gasteiger partial charge in [0.25, 0.3) is 0 Å². The number of ether oxygens (including phenoxy) is 2. The fourth-order valence-electron chi connectivity index (χ4n) is 1.04. The normalized spacial score (nSPS) is 26.8. The van der Waals surface area contributed by atoms with Crippen molar-refractivity contribution >= 4 is 5.97 Å². The molecule has 1 rings (SSSR count). The van der Waals surface area contributed by atoms with Gasteiger partial charge in [-0.05, 0) is 13.3 Å². The smallest absolute Gasteiger partial charge is 0.337 e. The van der Waals surface area contributed by atoms with Crippen molar-refractivity contribution in [2.24, 2.45) is 0 Å². The van der Waals surface area contributed by atoms with Crippen molar-refractivity contribution < 1.29 is 14.3 Å². The van der Waals surface area contributed by atoms with Gasteiger partial charge in [0.2, 0.25) is 0 Å². The summed E-state index contributed by atoms with van der Waals surface area (Å²) in [5.41, 5.74) is 0. The van der Waals surface area contributed by atoms with E-state index < -0.39 is 0 Å². The second-order valence-corrected chi connectivity index (χ2v) is 3.14. The number of hydrogen-bond donors (Lipinski definition) is 0. The predicted molar refractivity (Wildman–Crippen MR) is 44.8 cm³/mol. The highest BCUT2D eigenvalue weighted by atomic mass is 16.6. The van der Waals surface area contributed by atoms with Gasteiger partial charge >= 0.3 is 5.97 Å². The van der Waals surface area contributed by atoms with Crippen molar-refractivity contribution in [3.8, 4) is 0 Å². The molecule has 0 aromatic heterocycles. The average molecular weight is 172 g/mol. The fourth-order valence-corrected chi connectivity index (χ4v) is 1.04. The van der Waals surface area contributed by atoms with Crippen LogP contribution < -0.4 is 0 Å². The number of rotatable bonds is 5. The van der Waals surface area contributed by atoms with Crippen LogP contribution in [-0.4, -0.2) is 24.8 Å². The van der Waals surface area contributed by atoms with Crippen LogP contribution in [0.25, 0.3) is 0 Å². The Bertz CT molecular complexity index is 156. The molecule has 1 fully saturated rings. The third kappa shape index (κ3) is 2.81. The summed E-state index contributed by atoms with van der Waals surface area (Å²) in [6.45, 7) is 4.53.